The summed E-state index contributed by atoms with van der Waals surface area (Å²) in [5, 5.41) is 0. The van der Waals surface area contributed by atoms with Crippen LogP contribution < -0.4 is 5.73 Å². The molecule has 1 atom stereocenters. The quantitative estimate of drug-likeness (QED) is 0.785. The Morgan fingerprint density at radius 3 is 2.44 bits per heavy atom. The maximum Gasteiger partial charge on any atom is 0.0336 e. The highest BCUT2D eigenvalue weighted by molar-refractivity contribution is 5.00. The zero-order chi connectivity index (χ0) is 13.2. The second-order valence-corrected chi connectivity index (χ2v) is 7.51. The third kappa shape index (κ3) is 3.27. The molecule has 2 aliphatic rings. The predicted octanol–water partition coefficient (Wildman–Crippen LogP) is 3.41. The van der Waals surface area contributed by atoms with E-state index in [1.807, 2.05) is 0 Å². The molecule has 2 saturated carbocycles. The van der Waals surface area contributed by atoms with Crippen LogP contribution in [-0.4, -0.2) is 30.1 Å². The van der Waals surface area contributed by atoms with Gasteiger partial charge in [0.2, 0.25) is 0 Å². The van der Waals surface area contributed by atoms with Crippen molar-refractivity contribution in [1.82, 2.24) is 4.90 Å². The van der Waals surface area contributed by atoms with E-state index in [1.165, 1.54) is 58.0 Å². The summed E-state index contributed by atoms with van der Waals surface area (Å²) in [7, 11) is 0. The lowest BCUT2D eigenvalue weighted by atomic mass is 9.67. The molecule has 2 nitrogen and oxygen atoms in total. The Morgan fingerprint density at radius 1 is 1.22 bits per heavy atom. The topological polar surface area (TPSA) is 29.3 Å². The van der Waals surface area contributed by atoms with E-state index in [0.29, 0.717) is 11.0 Å². The molecular weight excluding hydrogens is 220 g/mol. The molecule has 0 saturated heterocycles. The summed E-state index contributed by atoms with van der Waals surface area (Å²) in [4.78, 5) is 2.77. The fourth-order valence-corrected chi connectivity index (χ4v) is 3.94. The molecule has 0 radical (unpaired) electrons. The Labute approximate surface area is 113 Å². The normalized spacial score (nSPS) is 31.8. The Morgan fingerprint density at radius 2 is 1.94 bits per heavy atom. The van der Waals surface area contributed by atoms with Crippen molar-refractivity contribution in [2.75, 3.05) is 19.6 Å². The minimum absolute atomic E-state index is 0.306. The van der Waals surface area contributed by atoms with Crippen molar-refractivity contribution in [3.63, 3.8) is 0 Å². The van der Waals surface area contributed by atoms with E-state index in [9.17, 15) is 0 Å². The number of hydrogen-bond acceptors (Lipinski definition) is 2. The second-order valence-electron chi connectivity index (χ2n) is 7.51. The summed E-state index contributed by atoms with van der Waals surface area (Å²) in [5.74, 6) is 0.977. The van der Waals surface area contributed by atoms with E-state index in [-0.39, 0.29) is 0 Å². The minimum atomic E-state index is 0.306. The summed E-state index contributed by atoms with van der Waals surface area (Å²) < 4.78 is 0. The summed E-state index contributed by atoms with van der Waals surface area (Å²) in [6, 6.07) is 0. The molecule has 0 amide bonds. The maximum atomic E-state index is 6.24. The van der Waals surface area contributed by atoms with Gasteiger partial charge >= 0.3 is 0 Å². The third-order valence-corrected chi connectivity index (χ3v) is 5.02. The zero-order valence-electron chi connectivity index (χ0n) is 12.7. The van der Waals surface area contributed by atoms with Crippen LogP contribution in [0.3, 0.4) is 0 Å². The van der Waals surface area contributed by atoms with E-state index in [2.05, 4.69) is 25.7 Å². The van der Waals surface area contributed by atoms with E-state index in [1.54, 1.807) is 0 Å². The van der Waals surface area contributed by atoms with Crippen LogP contribution in [0.4, 0.5) is 0 Å². The van der Waals surface area contributed by atoms with Gasteiger partial charge in [-0.25, -0.2) is 0 Å². The molecule has 1 unspecified atom stereocenters. The Bertz CT molecular complexity index is 270. The molecule has 2 aliphatic carbocycles. The molecule has 2 rings (SSSR count). The largest absolute Gasteiger partial charge is 0.329 e. The van der Waals surface area contributed by atoms with E-state index in [4.69, 9.17) is 5.73 Å². The van der Waals surface area contributed by atoms with E-state index >= 15 is 0 Å². The summed E-state index contributed by atoms with van der Waals surface area (Å²) in [5.41, 5.74) is 7.03. The van der Waals surface area contributed by atoms with E-state index in [0.717, 1.165) is 12.5 Å². The van der Waals surface area contributed by atoms with Gasteiger partial charge in [0.05, 0.1) is 0 Å². The molecule has 2 fully saturated rings. The van der Waals surface area contributed by atoms with Gasteiger partial charge in [0.1, 0.15) is 0 Å². The molecule has 0 bridgehead atoms. The summed E-state index contributed by atoms with van der Waals surface area (Å²) in [6.07, 6.45) is 9.50. The predicted molar refractivity (Wildman–Crippen MR) is 78.6 cm³/mol. The molecule has 18 heavy (non-hydrogen) atoms. The maximum absolute atomic E-state index is 6.24. The first kappa shape index (κ1) is 14.3. The van der Waals surface area contributed by atoms with Crippen LogP contribution in [0.2, 0.25) is 0 Å². The fourth-order valence-electron chi connectivity index (χ4n) is 3.94. The van der Waals surface area contributed by atoms with E-state index < -0.39 is 0 Å². The first-order valence-electron chi connectivity index (χ1n) is 7.96. The number of hydrogen-bond donors (Lipinski definition) is 1. The number of nitrogens with two attached hydrogens (primary N) is 1. The minimum Gasteiger partial charge on any atom is -0.329 e. The number of nitrogens with zero attached hydrogens (tertiary/aromatic N) is 1. The molecule has 0 heterocycles. The van der Waals surface area contributed by atoms with Crippen molar-refractivity contribution in [2.24, 2.45) is 17.1 Å². The highest BCUT2D eigenvalue weighted by Crippen LogP contribution is 2.45. The van der Waals surface area contributed by atoms with Crippen LogP contribution in [0.5, 0.6) is 0 Å². The molecule has 0 spiro atoms. The highest BCUT2D eigenvalue weighted by Gasteiger charge is 2.44. The number of rotatable bonds is 6. The Hall–Kier alpha value is -0.0800. The van der Waals surface area contributed by atoms with Crippen molar-refractivity contribution in [3.05, 3.63) is 0 Å². The average Bonchev–Trinajstić information content (AvgIpc) is 3.11. The van der Waals surface area contributed by atoms with Gasteiger partial charge in [-0.2, -0.15) is 0 Å². The monoisotopic (exact) mass is 252 g/mol. The standard InChI is InChI=1S/C16H32N2/c1-4-10-18(11-14-6-7-14)16(13-17)9-5-8-15(2,3)12-16/h14H,4-13,17H2,1-3H3. The van der Waals surface area contributed by atoms with Crippen LogP contribution in [0.1, 0.15) is 65.7 Å². The Balaban J connectivity index is 2.10. The third-order valence-electron chi connectivity index (χ3n) is 5.02. The molecule has 0 aromatic carbocycles. The van der Waals surface area contributed by atoms with Crippen molar-refractivity contribution in [1.29, 1.82) is 0 Å². The van der Waals surface area contributed by atoms with Crippen molar-refractivity contribution >= 4 is 0 Å². The van der Waals surface area contributed by atoms with Gasteiger partial charge in [0, 0.05) is 18.6 Å². The average molecular weight is 252 g/mol. The molecule has 0 aliphatic heterocycles. The van der Waals surface area contributed by atoms with Gasteiger partial charge < -0.3 is 5.73 Å². The molecular formula is C16H32N2. The smallest absolute Gasteiger partial charge is 0.0336 e. The molecule has 0 aromatic heterocycles. The lowest BCUT2D eigenvalue weighted by Crippen LogP contribution is -2.58. The Kier molecular flexibility index (Phi) is 4.38. The van der Waals surface area contributed by atoms with Crippen molar-refractivity contribution in [3.8, 4) is 0 Å². The SMILES string of the molecule is CCCN(CC1CC1)C1(CN)CCCC(C)(C)C1. The lowest BCUT2D eigenvalue weighted by Gasteiger charge is -2.51. The van der Waals surface area contributed by atoms with Crippen molar-refractivity contribution in [2.45, 2.75) is 71.3 Å². The van der Waals surface area contributed by atoms with Gasteiger partial charge in [0.15, 0.2) is 0 Å². The lowest BCUT2D eigenvalue weighted by molar-refractivity contribution is 0.00658. The van der Waals surface area contributed by atoms with Crippen LogP contribution in [0, 0.1) is 11.3 Å². The summed E-state index contributed by atoms with van der Waals surface area (Å²) in [6.45, 7) is 10.6. The van der Waals surface area contributed by atoms with Gasteiger partial charge in [-0.05, 0) is 56.4 Å². The molecule has 2 heteroatoms. The van der Waals surface area contributed by atoms with Crippen LogP contribution in [0.15, 0.2) is 0 Å². The molecule has 106 valence electrons. The van der Waals surface area contributed by atoms with Crippen LogP contribution in [-0.2, 0) is 0 Å². The molecule has 2 N–H and O–H groups in total. The first-order valence-corrected chi connectivity index (χ1v) is 7.96. The van der Waals surface area contributed by atoms with Gasteiger partial charge in [-0.1, -0.05) is 27.2 Å². The highest BCUT2D eigenvalue weighted by atomic mass is 15.2. The van der Waals surface area contributed by atoms with Gasteiger partial charge in [-0.15, -0.1) is 0 Å². The second kappa shape index (κ2) is 5.50. The molecule has 0 aromatic rings. The van der Waals surface area contributed by atoms with Crippen molar-refractivity contribution < 1.29 is 0 Å². The first-order chi connectivity index (χ1) is 8.51. The zero-order valence-corrected chi connectivity index (χ0v) is 12.7. The summed E-state index contributed by atoms with van der Waals surface area (Å²) >= 11 is 0. The van der Waals surface area contributed by atoms with Crippen LogP contribution in [0.25, 0.3) is 0 Å². The van der Waals surface area contributed by atoms with Gasteiger partial charge in [-0.3, -0.25) is 4.90 Å². The fraction of sp³-hybridized carbons (Fsp3) is 1.00. The van der Waals surface area contributed by atoms with Crippen LogP contribution >= 0.6 is 0 Å². The van der Waals surface area contributed by atoms with Gasteiger partial charge in [0.25, 0.3) is 0 Å².